The molecule has 1 saturated heterocycles. The van der Waals surface area contributed by atoms with Crippen LogP contribution in [0.3, 0.4) is 0 Å². The van der Waals surface area contributed by atoms with E-state index in [4.69, 9.17) is 9.26 Å². The molecular formula is C38H44FN7O8S. The molecule has 2 aliphatic heterocycles. The Morgan fingerprint density at radius 2 is 1.91 bits per heavy atom. The van der Waals surface area contributed by atoms with E-state index in [-0.39, 0.29) is 48.8 Å². The lowest BCUT2D eigenvalue weighted by atomic mass is 10.0. The monoisotopic (exact) mass is 777 g/mol. The maximum atomic E-state index is 14.7. The quantitative estimate of drug-likeness (QED) is 0.283. The van der Waals surface area contributed by atoms with Gasteiger partial charge in [0.2, 0.25) is 27.7 Å². The molecule has 8 rings (SSSR count). The fourth-order valence-electron chi connectivity index (χ4n) is 7.52. The zero-order valence-electron chi connectivity index (χ0n) is 30.7. The summed E-state index contributed by atoms with van der Waals surface area (Å²) < 4.78 is 53.8. The maximum absolute atomic E-state index is 14.7. The number of nitrogens with one attached hydrogen (secondary N) is 3. The van der Waals surface area contributed by atoms with Crippen LogP contribution in [0.15, 0.2) is 40.9 Å². The first kappa shape index (κ1) is 37.0. The molecule has 3 N–H and O–H groups in total. The van der Waals surface area contributed by atoms with E-state index in [9.17, 15) is 32.0 Å². The van der Waals surface area contributed by atoms with Crippen LogP contribution < -0.4 is 20.1 Å². The number of ether oxygens (including phenoxy) is 1. The largest absolute Gasteiger partial charge is 0.471 e. The number of rotatable bonds is 8. The van der Waals surface area contributed by atoms with Crippen LogP contribution in [0.25, 0.3) is 11.0 Å². The number of hydrogen-bond donors (Lipinski definition) is 3. The molecule has 5 aliphatic rings. The van der Waals surface area contributed by atoms with Gasteiger partial charge in [0.05, 0.1) is 16.8 Å². The van der Waals surface area contributed by atoms with Gasteiger partial charge in [-0.3, -0.25) is 23.9 Å². The Kier molecular flexibility index (Phi) is 9.41. The number of carbonyl (C=O) groups is 4. The highest BCUT2D eigenvalue weighted by Gasteiger charge is 2.63. The van der Waals surface area contributed by atoms with Crippen molar-refractivity contribution in [3.8, 4) is 5.88 Å². The smallest absolute Gasteiger partial charge is 0.274 e. The molecule has 15 nitrogen and oxygen atoms in total. The first-order valence-electron chi connectivity index (χ1n) is 19.0. The topological polar surface area (TPSA) is 203 Å². The van der Waals surface area contributed by atoms with Crippen molar-refractivity contribution in [3.05, 3.63) is 59.4 Å². The molecule has 2 aromatic heterocycles. The molecule has 3 aromatic rings. The van der Waals surface area contributed by atoms with Gasteiger partial charge in [-0.1, -0.05) is 36.2 Å². The SMILES string of the molecule is Cc1nc2cccc(F)c2nc1O[C@@H]1C[C@H]2C(=O)N[C@]3(C(=O)NS(=O)(=O)C4(C)CC4)C[C@H]3/C=C\CCCCC[C@H](NC(=O)c3cc(C4CC4)on3)C(=O)N2C1. The molecule has 17 heteroatoms. The Balaban J connectivity index is 1.09. The molecule has 1 aromatic carbocycles. The molecule has 4 heterocycles. The average Bonchev–Trinajstić information content (AvgIpc) is 4.11. The van der Waals surface area contributed by atoms with E-state index < -0.39 is 73.9 Å². The molecule has 4 amide bonds. The van der Waals surface area contributed by atoms with Crippen molar-refractivity contribution in [3.63, 3.8) is 0 Å². The van der Waals surface area contributed by atoms with E-state index in [1.807, 2.05) is 12.2 Å². The van der Waals surface area contributed by atoms with E-state index in [1.165, 1.54) is 17.0 Å². The van der Waals surface area contributed by atoms with Crippen LogP contribution in [-0.2, 0) is 24.4 Å². The molecule has 0 radical (unpaired) electrons. The lowest BCUT2D eigenvalue weighted by Crippen LogP contribution is -2.58. The van der Waals surface area contributed by atoms with Gasteiger partial charge in [0, 0.05) is 24.3 Å². The van der Waals surface area contributed by atoms with E-state index >= 15 is 0 Å². The molecule has 3 aliphatic carbocycles. The summed E-state index contributed by atoms with van der Waals surface area (Å²) in [6, 6.07) is 3.76. The standard InChI is InChI=1S/C38H44FN7O8S/c1-21-34(42-31-25(39)10-8-12-26(31)40-21)53-24-17-29-33(48)43-38(36(50)45-55(51,52)37(2)15-16-37)19-23(38)9-6-4-3-5-7-11-27(35(49)46(29)20-24)41-32(47)28-18-30(54-44-28)22-13-14-22/h6,8-10,12,18,22-24,27,29H,3-5,7,11,13-17,19-20H2,1-2H3,(H,41,47)(H,43,48)(H,45,50)/b9-6-/t23-,24-,27+,29+,38-/m1/s1. The molecular weight excluding hydrogens is 734 g/mol. The molecule has 0 spiro atoms. The Labute approximate surface area is 317 Å². The van der Waals surface area contributed by atoms with Gasteiger partial charge in [0.15, 0.2) is 11.5 Å². The van der Waals surface area contributed by atoms with Crippen LogP contribution in [0.2, 0.25) is 0 Å². The molecule has 292 valence electrons. The number of allylic oxidation sites excluding steroid dienone is 1. The van der Waals surface area contributed by atoms with Crippen molar-refractivity contribution in [1.29, 1.82) is 0 Å². The van der Waals surface area contributed by atoms with Crippen LogP contribution >= 0.6 is 0 Å². The number of amides is 4. The Morgan fingerprint density at radius 1 is 1.11 bits per heavy atom. The highest BCUT2D eigenvalue weighted by molar-refractivity contribution is 7.91. The molecule has 55 heavy (non-hydrogen) atoms. The minimum Gasteiger partial charge on any atom is -0.471 e. The minimum absolute atomic E-state index is 0.000955. The number of hydrogen-bond acceptors (Lipinski definition) is 11. The highest BCUT2D eigenvalue weighted by atomic mass is 32.2. The summed E-state index contributed by atoms with van der Waals surface area (Å²) in [5.41, 5.74) is -0.801. The first-order valence-corrected chi connectivity index (χ1v) is 20.5. The zero-order chi connectivity index (χ0) is 38.7. The summed E-state index contributed by atoms with van der Waals surface area (Å²) in [4.78, 5) is 66.4. The molecule has 3 saturated carbocycles. The second kappa shape index (κ2) is 14.0. The Morgan fingerprint density at radius 3 is 2.67 bits per heavy atom. The number of aromatic nitrogens is 3. The number of sulfonamides is 1. The third-order valence-corrected chi connectivity index (χ3v) is 13.7. The fraction of sp³-hybridized carbons (Fsp3) is 0.553. The van der Waals surface area contributed by atoms with Crippen molar-refractivity contribution in [2.24, 2.45) is 5.92 Å². The van der Waals surface area contributed by atoms with Crippen LogP contribution in [0.5, 0.6) is 5.88 Å². The Hall–Kier alpha value is -4.93. The maximum Gasteiger partial charge on any atom is 0.274 e. The van der Waals surface area contributed by atoms with Gasteiger partial charge < -0.3 is 24.8 Å². The van der Waals surface area contributed by atoms with Gasteiger partial charge in [-0.05, 0) is 77.3 Å². The lowest BCUT2D eigenvalue weighted by molar-refractivity contribution is -0.141. The van der Waals surface area contributed by atoms with Crippen molar-refractivity contribution < 1.29 is 41.2 Å². The van der Waals surface area contributed by atoms with Crippen molar-refractivity contribution >= 4 is 44.7 Å². The van der Waals surface area contributed by atoms with Gasteiger partial charge in [0.1, 0.15) is 40.7 Å². The number of benzene rings is 1. The molecule has 0 unspecified atom stereocenters. The van der Waals surface area contributed by atoms with Crippen LogP contribution in [0.1, 0.15) is 105 Å². The van der Waals surface area contributed by atoms with Gasteiger partial charge in [-0.15, -0.1) is 0 Å². The third-order valence-electron chi connectivity index (χ3n) is 11.6. The number of nitrogens with zero attached hydrogens (tertiary/aromatic N) is 4. The summed E-state index contributed by atoms with van der Waals surface area (Å²) in [6.07, 6.45) is 8.84. The predicted octanol–water partition coefficient (Wildman–Crippen LogP) is 3.48. The lowest BCUT2D eigenvalue weighted by Gasteiger charge is -2.30. The third kappa shape index (κ3) is 7.30. The van der Waals surface area contributed by atoms with E-state index in [1.54, 1.807) is 26.0 Å². The average molecular weight is 778 g/mol. The molecule has 0 bridgehead atoms. The number of para-hydroxylation sites is 1. The van der Waals surface area contributed by atoms with E-state index in [0.29, 0.717) is 42.7 Å². The summed E-state index contributed by atoms with van der Waals surface area (Å²) in [6.45, 7) is 3.12. The van der Waals surface area contributed by atoms with Gasteiger partial charge >= 0.3 is 0 Å². The van der Waals surface area contributed by atoms with E-state index in [2.05, 4.69) is 30.5 Å². The van der Waals surface area contributed by atoms with Crippen molar-refractivity contribution in [1.82, 2.24) is 35.4 Å². The number of fused-ring (bicyclic) bond motifs is 3. The summed E-state index contributed by atoms with van der Waals surface area (Å²) in [5, 5.41) is 9.61. The first-order chi connectivity index (χ1) is 26.3. The van der Waals surface area contributed by atoms with Crippen LogP contribution in [0, 0.1) is 18.7 Å². The normalized spacial score (nSPS) is 28.5. The number of aryl methyl sites for hydroxylation is 1. The van der Waals surface area contributed by atoms with Gasteiger partial charge in [-0.2, -0.15) is 0 Å². The number of carbonyl (C=O) groups excluding carboxylic acids is 4. The molecule has 5 atom stereocenters. The van der Waals surface area contributed by atoms with Crippen molar-refractivity contribution in [2.45, 2.75) is 119 Å². The van der Waals surface area contributed by atoms with Gasteiger partial charge in [-0.25, -0.2) is 22.8 Å². The zero-order valence-corrected chi connectivity index (χ0v) is 31.5. The second-order valence-corrected chi connectivity index (χ2v) is 18.0. The Bertz CT molecular complexity index is 2200. The second-order valence-electron chi connectivity index (χ2n) is 15.8. The summed E-state index contributed by atoms with van der Waals surface area (Å²) in [7, 11) is -4.02. The van der Waals surface area contributed by atoms with Gasteiger partial charge in [0.25, 0.3) is 11.8 Å². The van der Waals surface area contributed by atoms with E-state index in [0.717, 1.165) is 25.7 Å². The highest BCUT2D eigenvalue weighted by Crippen LogP contribution is 2.47. The predicted molar refractivity (Wildman–Crippen MR) is 194 cm³/mol. The van der Waals surface area contributed by atoms with Crippen LogP contribution in [-0.4, -0.2) is 87.1 Å². The summed E-state index contributed by atoms with van der Waals surface area (Å²) >= 11 is 0. The van der Waals surface area contributed by atoms with Crippen LogP contribution in [0.4, 0.5) is 4.39 Å². The fourth-order valence-corrected chi connectivity index (χ4v) is 8.83. The van der Waals surface area contributed by atoms with Crippen molar-refractivity contribution in [2.75, 3.05) is 6.54 Å². The minimum atomic E-state index is -4.02. The summed E-state index contributed by atoms with van der Waals surface area (Å²) in [5.74, 6) is -2.83. The number of halogens is 1. The molecule has 4 fully saturated rings.